The molecule has 112 valence electrons. The molecule has 3 rings (SSSR count). The van der Waals surface area contributed by atoms with Crippen molar-refractivity contribution in [1.82, 2.24) is 19.4 Å². The summed E-state index contributed by atoms with van der Waals surface area (Å²) in [6, 6.07) is 0.324. The number of hydrogen-bond donors (Lipinski definition) is 2. The smallest absolute Gasteiger partial charge is 0.246 e. The molecule has 0 aliphatic carbocycles. The number of sulfonamides is 1. The lowest BCUT2D eigenvalue weighted by molar-refractivity contribution is 0.309. The second kappa shape index (κ2) is 4.71. The number of nitrogens with two attached hydrogens (primary N) is 1. The molecule has 1 aromatic rings. The Labute approximate surface area is 119 Å². The lowest BCUT2D eigenvalue weighted by Gasteiger charge is -2.21. The normalized spacial score (nSPS) is 27.1. The van der Waals surface area contributed by atoms with E-state index in [4.69, 9.17) is 5.73 Å². The van der Waals surface area contributed by atoms with Crippen molar-refractivity contribution in [1.29, 1.82) is 0 Å². The van der Waals surface area contributed by atoms with Crippen molar-refractivity contribution in [2.24, 2.45) is 7.05 Å². The standard InChI is InChI=1S/C12H21N5O2S/c1-8-11(12(13)14-16(8)2)20(18,19)15-9-5-7-17-6-3-4-10(9)17/h9-10,15H,3-7H2,1-2H3,(H2,13,14). The molecule has 2 fully saturated rings. The molecule has 2 saturated heterocycles. The summed E-state index contributed by atoms with van der Waals surface area (Å²) in [6.45, 7) is 3.77. The fourth-order valence-electron chi connectivity index (χ4n) is 3.42. The summed E-state index contributed by atoms with van der Waals surface area (Å²) < 4.78 is 29.5. The second-order valence-electron chi connectivity index (χ2n) is 5.69. The SMILES string of the molecule is Cc1c(S(=O)(=O)NC2CCN3CCCC23)c(N)nn1C. The molecule has 2 unspecified atom stereocenters. The highest BCUT2D eigenvalue weighted by atomic mass is 32.2. The lowest BCUT2D eigenvalue weighted by Crippen LogP contribution is -2.42. The number of nitrogen functional groups attached to an aromatic ring is 1. The van der Waals surface area contributed by atoms with Gasteiger partial charge in [-0.3, -0.25) is 9.58 Å². The van der Waals surface area contributed by atoms with Gasteiger partial charge in [0.25, 0.3) is 0 Å². The molecule has 0 saturated carbocycles. The van der Waals surface area contributed by atoms with E-state index in [9.17, 15) is 8.42 Å². The highest BCUT2D eigenvalue weighted by Crippen LogP contribution is 2.30. The van der Waals surface area contributed by atoms with Gasteiger partial charge in [0.15, 0.2) is 5.82 Å². The van der Waals surface area contributed by atoms with Crippen molar-refractivity contribution in [2.45, 2.75) is 43.2 Å². The van der Waals surface area contributed by atoms with E-state index in [1.165, 1.54) is 4.68 Å². The fraction of sp³-hybridized carbons (Fsp3) is 0.750. The Kier molecular flexibility index (Phi) is 3.26. The Balaban J connectivity index is 1.86. The van der Waals surface area contributed by atoms with Gasteiger partial charge >= 0.3 is 0 Å². The summed E-state index contributed by atoms with van der Waals surface area (Å²) in [5.74, 6) is 0.0683. The van der Waals surface area contributed by atoms with Crippen molar-refractivity contribution in [3.05, 3.63) is 5.69 Å². The van der Waals surface area contributed by atoms with E-state index in [0.29, 0.717) is 11.7 Å². The maximum atomic E-state index is 12.6. The topological polar surface area (TPSA) is 93.2 Å². The summed E-state index contributed by atoms with van der Waals surface area (Å²) in [4.78, 5) is 2.49. The number of nitrogens with one attached hydrogen (secondary N) is 1. The highest BCUT2D eigenvalue weighted by molar-refractivity contribution is 7.89. The molecule has 0 spiro atoms. The zero-order valence-electron chi connectivity index (χ0n) is 11.8. The van der Waals surface area contributed by atoms with Gasteiger partial charge in [-0.05, 0) is 32.7 Å². The van der Waals surface area contributed by atoms with Crippen LogP contribution in [0.1, 0.15) is 25.0 Å². The van der Waals surface area contributed by atoms with Crippen LogP contribution in [-0.4, -0.2) is 48.3 Å². The highest BCUT2D eigenvalue weighted by Gasteiger charge is 2.40. The predicted octanol–water partition coefficient (Wildman–Crippen LogP) is -0.174. The first-order chi connectivity index (χ1) is 9.40. The van der Waals surface area contributed by atoms with Crippen LogP contribution in [-0.2, 0) is 17.1 Å². The van der Waals surface area contributed by atoms with Gasteiger partial charge < -0.3 is 5.73 Å². The van der Waals surface area contributed by atoms with Gasteiger partial charge in [0.1, 0.15) is 4.90 Å². The zero-order chi connectivity index (χ0) is 14.5. The van der Waals surface area contributed by atoms with Gasteiger partial charge in [0.2, 0.25) is 10.0 Å². The van der Waals surface area contributed by atoms with Crippen LogP contribution in [0.15, 0.2) is 4.90 Å². The molecule has 0 bridgehead atoms. The van der Waals surface area contributed by atoms with Gasteiger partial charge in [-0.25, -0.2) is 13.1 Å². The van der Waals surface area contributed by atoms with Gasteiger partial charge in [0, 0.05) is 25.7 Å². The predicted molar refractivity (Wildman–Crippen MR) is 75.7 cm³/mol. The van der Waals surface area contributed by atoms with E-state index in [-0.39, 0.29) is 16.8 Å². The Morgan fingerprint density at radius 3 is 2.75 bits per heavy atom. The Hall–Kier alpha value is -1.12. The minimum atomic E-state index is -3.61. The fourth-order valence-corrected chi connectivity index (χ4v) is 5.05. The van der Waals surface area contributed by atoms with Crippen LogP contribution in [0.4, 0.5) is 5.82 Å². The van der Waals surface area contributed by atoms with Gasteiger partial charge in [0.05, 0.1) is 5.69 Å². The van der Waals surface area contributed by atoms with E-state index in [1.807, 2.05) is 0 Å². The molecule has 2 aliphatic rings. The molecule has 1 aromatic heterocycles. The second-order valence-corrected chi connectivity index (χ2v) is 7.34. The third kappa shape index (κ3) is 2.11. The monoisotopic (exact) mass is 299 g/mol. The van der Waals surface area contributed by atoms with Gasteiger partial charge in [-0.2, -0.15) is 5.10 Å². The van der Waals surface area contributed by atoms with Crippen molar-refractivity contribution in [2.75, 3.05) is 18.8 Å². The van der Waals surface area contributed by atoms with Gasteiger partial charge in [-0.15, -0.1) is 0 Å². The Morgan fingerprint density at radius 2 is 2.10 bits per heavy atom. The third-order valence-electron chi connectivity index (χ3n) is 4.49. The van der Waals surface area contributed by atoms with Crippen LogP contribution in [0, 0.1) is 6.92 Å². The maximum Gasteiger partial charge on any atom is 0.246 e. The van der Waals surface area contributed by atoms with Crippen molar-refractivity contribution in [3.63, 3.8) is 0 Å². The number of fused-ring (bicyclic) bond motifs is 1. The molecule has 2 aliphatic heterocycles. The van der Waals surface area contributed by atoms with Gasteiger partial charge in [-0.1, -0.05) is 0 Å². The van der Waals surface area contributed by atoms with E-state index < -0.39 is 10.0 Å². The van der Waals surface area contributed by atoms with E-state index in [0.717, 1.165) is 32.4 Å². The number of hydrogen-bond acceptors (Lipinski definition) is 5. The van der Waals surface area contributed by atoms with Crippen LogP contribution >= 0.6 is 0 Å². The molecule has 8 heteroatoms. The van der Waals surface area contributed by atoms with Crippen molar-refractivity contribution >= 4 is 15.8 Å². The summed E-state index contributed by atoms with van der Waals surface area (Å²) >= 11 is 0. The van der Waals surface area contributed by atoms with Crippen LogP contribution < -0.4 is 10.5 Å². The van der Waals surface area contributed by atoms with E-state index in [1.54, 1.807) is 14.0 Å². The summed E-state index contributed by atoms with van der Waals surface area (Å²) in [5, 5.41) is 3.98. The first kappa shape index (κ1) is 13.8. The summed E-state index contributed by atoms with van der Waals surface area (Å²) in [7, 11) is -1.91. The maximum absolute atomic E-state index is 12.6. The molecule has 0 radical (unpaired) electrons. The Morgan fingerprint density at radius 1 is 1.35 bits per heavy atom. The average molecular weight is 299 g/mol. The number of aromatic nitrogens is 2. The molecule has 7 nitrogen and oxygen atoms in total. The first-order valence-electron chi connectivity index (χ1n) is 6.95. The van der Waals surface area contributed by atoms with Crippen LogP contribution in [0.2, 0.25) is 0 Å². The molecular formula is C12H21N5O2S. The minimum Gasteiger partial charge on any atom is -0.381 e. The van der Waals surface area contributed by atoms with Crippen LogP contribution in [0.3, 0.4) is 0 Å². The van der Waals surface area contributed by atoms with Crippen molar-refractivity contribution < 1.29 is 8.42 Å². The first-order valence-corrected chi connectivity index (χ1v) is 8.44. The molecule has 3 N–H and O–H groups in total. The number of nitrogens with zero attached hydrogens (tertiary/aromatic N) is 3. The lowest BCUT2D eigenvalue weighted by atomic mass is 10.1. The number of aryl methyl sites for hydroxylation is 1. The molecule has 20 heavy (non-hydrogen) atoms. The largest absolute Gasteiger partial charge is 0.381 e. The number of anilines is 1. The summed E-state index contributed by atoms with van der Waals surface area (Å²) in [6.07, 6.45) is 3.08. The molecule has 3 heterocycles. The van der Waals surface area contributed by atoms with E-state index in [2.05, 4.69) is 14.7 Å². The van der Waals surface area contributed by atoms with Crippen molar-refractivity contribution in [3.8, 4) is 0 Å². The molecular weight excluding hydrogens is 278 g/mol. The van der Waals surface area contributed by atoms with Crippen LogP contribution in [0.5, 0.6) is 0 Å². The third-order valence-corrected chi connectivity index (χ3v) is 6.14. The minimum absolute atomic E-state index is 0.0125. The van der Waals surface area contributed by atoms with Crippen LogP contribution in [0.25, 0.3) is 0 Å². The molecule has 0 amide bonds. The zero-order valence-corrected chi connectivity index (χ0v) is 12.7. The quantitative estimate of drug-likeness (QED) is 0.808. The Bertz CT molecular complexity index is 624. The van der Waals surface area contributed by atoms with E-state index >= 15 is 0 Å². The average Bonchev–Trinajstić information content (AvgIpc) is 2.98. The molecule has 0 aromatic carbocycles. The molecule has 2 atom stereocenters. The number of rotatable bonds is 3. The summed E-state index contributed by atoms with van der Waals surface area (Å²) in [5.41, 5.74) is 6.31.